The van der Waals surface area contributed by atoms with Gasteiger partial charge >= 0.3 is 0 Å². The van der Waals surface area contributed by atoms with E-state index in [0.29, 0.717) is 6.54 Å². The van der Waals surface area contributed by atoms with Crippen molar-refractivity contribution in [3.8, 4) is 5.75 Å². The van der Waals surface area contributed by atoms with Crippen molar-refractivity contribution < 1.29 is 4.74 Å². The van der Waals surface area contributed by atoms with E-state index in [1.54, 1.807) is 7.11 Å². The highest BCUT2D eigenvalue weighted by Crippen LogP contribution is 2.11. The van der Waals surface area contributed by atoms with Gasteiger partial charge in [-0.25, -0.2) is 4.99 Å². The van der Waals surface area contributed by atoms with Crippen LogP contribution in [0.15, 0.2) is 29.3 Å². The van der Waals surface area contributed by atoms with Gasteiger partial charge in [0.2, 0.25) is 0 Å². The maximum absolute atomic E-state index is 5.20. The Hall–Kier alpha value is -1.79. The van der Waals surface area contributed by atoms with Crippen LogP contribution in [0.1, 0.15) is 32.3 Å². The fourth-order valence-electron chi connectivity index (χ4n) is 3.24. The van der Waals surface area contributed by atoms with Crippen molar-refractivity contribution in [1.82, 2.24) is 20.4 Å². The molecule has 0 aliphatic carbocycles. The van der Waals surface area contributed by atoms with Crippen molar-refractivity contribution in [2.75, 3.05) is 59.5 Å². The van der Waals surface area contributed by atoms with Gasteiger partial charge in [0.05, 0.1) is 13.7 Å². The molecule has 1 saturated heterocycles. The van der Waals surface area contributed by atoms with Gasteiger partial charge in [-0.05, 0) is 50.6 Å². The smallest absolute Gasteiger partial charge is 0.191 e. The predicted octanol–water partition coefficient (Wildman–Crippen LogP) is 2.17. The minimum absolute atomic E-state index is 0.668. The van der Waals surface area contributed by atoms with Gasteiger partial charge in [-0.15, -0.1) is 0 Å². The number of rotatable bonds is 10. The molecular weight excluding hydrogens is 338 g/mol. The number of likely N-dealkylation sites (N-methyl/N-ethyl adjacent to an activating group) is 1. The molecule has 6 heteroatoms. The zero-order chi connectivity index (χ0) is 19.3. The van der Waals surface area contributed by atoms with E-state index in [9.17, 15) is 0 Å². The van der Waals surface area contributed by atoms with Gasteiger partial charge in [-0.3, -0.25) is 0 Å². The zero-order valence-electron chi connectivity index (χ0n) is 17.3. The van der Waals surface area contributed by atoms with Gasteiger partial charge < -0.3 is 25.2 Å². The van der Waals surface area contributed by atoms with Gasteiger partial charge in [-0.2, -0.15) is 0 Å². The minimum atomic E-state index is 0.668. The van der Waals surface area contributed by atoms with Gasteiger partial charge in [-0.1, -0.05) is 19.1 Å². The van der Waals surface area contributed by atoms with Gasteiger partial charge in [0.15, 0.2) is 5.96 Å². The highest BCUT2D eigenvalue weighted by Gasteiger charge is 2.14. The summed E-state index contributed by atoms with van der Waals surface area (Å²) < 4.78 is 5.20. The molecule has 1 aliphatic rings. The second-order valence-corrected chi connectivity index (χ2v) is 6.95. The van der Waals surface area contributed by atoms with E-state index in [4.69, 9.17) is 4.74 Å². The average molecular weight is 376 g/mol. The van der Waals surface area contributed by atoms with E-state index < -0.39 is 0 Å². The minimum Gasteiger partial charge on any atom is -0.497 e. The molecule has 0 amide bonds. The third-order valence-corrected chi connectivity index (χ3v) is 5.03. The van der Waals surface area contributed by atoms with Crippen molar-refractivity contribution in [1.29, 1.82) is 0 Å². The van der Waals surface area contributed by atoms with Crippen LogP contribution < -0.4 is 15.4 Å². The average Bonchev–Trinajstić information content (AvgIpc) is 2.72. The molecule has 2 N–H and O–H groups in total. The van der Waals surface area contributed by atoms with Crippen LogP contribution in [0.3, 0.4) is 0 Å². The summed E-state index contributed by atoms with van der Waals surface area (Å²) in [7, 11) is 1.69. The summed E-state index contributed by atoms with van der Waals surface area (Å²) in [6.45, 7) is 14.1. The molecule has 0 aromatic heterocycles. The predicted molar refractivity (Wildman–Crippen MR) is 114 cm³/mol. The first-order chi connectivity index (χ1) is 13.2. The molecule has 1 aromatic carbocycles. The second kappa shape index (κ2) is 12.6. The molecule has 1 heterocycles. The van der Waals surface area contributed by atoms with E-state index in [1.807, 2.05) is 12.1 Å². The third kappa shape index (κ3) is 8.18. The van der Waals surface area contributed by atoms with Gasteiger partial charge in [0, 0.05) is 39.3 Å². The number of ether oxygens (including phenoxy) is 1. The second-order valence-electron chi connectivity index (χ2n) is 6.95. The summed E-state index contributed by atoms with van der Waals surface area (Å²) in [5.74, 6) is 1.77. The lowest BCUT2D eigenvalue weighted by atomic mass is 10.2. The molecule has 6 nitrogen and oxygen atoms in total. The van der Waals surface area contributed by atoms with Crippen LogP contribution >= 0.6 is 0 Å². The molecule has 0 unspecified atom stereocenters. The van der Waals surface area contributed by atoms with E-state index >= 15 is 0 Å². The Morgan fingerprint density at radius 1 is 1.00 bits per heavy atom. The number of methoxy groups -OCH3 is 1. The molecule has 0 saturated carbocycles. The number of nitrogens with zero attached hydrogens (tertiary/aromatic N) is 3. The van der Waals surface area contributed by atoms with Crippen molar-refractivity contribution in [2.24, 2.45) is 4.99 Å². The van der Waals surface area contributed by atoms with Crippen LogP contribution in [0, 0.1) is 0 Å². The summed E-state index contributed by atoms with van der Waals surface area (Å²) in [5, 5.41) is 6.78. The number of unbranched alkanes of at least 4 members (excludes halogenated alkanes) is 1. The maximum Gasteiger partial charge on any atom is 0.191 e. The van der Waals surface area contributed by atoms with E-state index in [0.717, 1.165) is 24.8 Å². The van der Waals surface area contributed by atoms with E-state index in [1.165, 1.54) is 57.7 Å². The van der Waals surface area contributed by atoms with Crippen LogP contribution in [-0.2, 0) is 6.54 Å². The first-order valence-electron chi connectivity index (χ1n) is 10.3. The highest BCUT2D eigenvalue weighted by atomic mass is 16.5. The van der Waals surface area contributed by atoms with Crippen LogP contribution in [0.5, 0.6) is 5.75 Å². The summed E-state index contributed by atoms with van der Waals surface area (Å²) in [6.07, 6.45) is 2.40. The van der Waals surface area contributed by atoms with E-state index in [2.05, 4.69) is 51.4 Å². The standard InChI is InChI=1S/C21H37N5O/c1-4-22-21(24-18-19-8-10-20(27-3)11-9-19)23-12-6-7-13-26-16-14-25(5-2)15-17-26/h8-11H,4-7,12-18H2,1-3H3,(H2,22,23,24). The van der Waals surface area contributed by atoms with Gasteiger partial charge in [0.25, 0.3) is 0 Å². The van der Waals surface area contributed by atoms with Crippen LogP contribution in [-0.4, -0.2) is 75.2 Å². The summed E-state index contributed by atoms with van der Waals surface area (Å²) in [6, 6.07) is 8.07. The molecule has 0 bridgehead atoms. The molecule has 0 spiro atoms. The zero-order valence-corrected chi connectivity index (χ0v) is 17.3. The Labute approximate surface area is 165 Å². The van der Waals surface area contributed by atoms with E-state index in [-0.39, 0.29) is 0 Å². The Bertz CT molecular complexity index is 538. The SMILES string of the molecule is CCNC(=NCc1ccc(OC)cc1)NCCCCN1CCN(CC)CC1. The van der Waals surface area contributed by atoms with Gasteiger partial charge in [0.1, 0.15) is 5.75 Å². The van der Waals surface area contributed by atoms with Crippen molar-refractivity contribution in [3.05, 3.63) is 29.8 Å². The van der Waals surface area contributed by atoms with Crippen molar-refractivity contribution >= 4 is 5.96 Å². The number of guanidine groups is 1. The maximum atomic E-state index is 5.20. The fraction of sp³-hybridized carbons (Fsp3) is 0.667. The quantitative estimate of drug-likeness (QED) is 0.373. The third-order valence-electron chi connectivity index (χ3n) is 5.03. The highest BCUT2D eigenvalue weighted by molar-refractivity contribution is 5.79. The molecule has 152 valence electrons. The summed E-state index contributed by atoms with van der Waals surface area (Å²) in [4.78, 5) is 9.80. The Morgan fingerprint density at radius 3 is 2.33 bits per heavy atom. The molecular formula is C21H37N5O. The topological polar surface area (TPSA) is 52.1 Å². The largest absolute Gasteiger partial charge is 0.497 e. The fourth-order valence-corrected chi connectivity index (χ4v) is 3.24. The summed E-state index contributed by atoms with van der Waals surface area (Å²) in [5.41, 5.74) is 1.18. The molecule has 2 rings (SSSR count). The first-order valence-corrected chi connectivity index (χ1v) is 10.3. The number of aliphatic imine (C=N–C) groups is 1. The van der Waals surface area contributed by atoms with Crippen molar-refractivity contribution in [2.45, 2.75) is 33.2 Å². The normalized spacial score (nSPS) is 16.3. The molecule has 1 aliphatic heterocycles. The number of piperazine rings is 1. The lowest BCUT2D eigenvalue weighted by Crippen LogP contribution is -2.46. The monoisotopic (exact) mass is 375 g/mol. The molecule has 27 heavy (non-hydrogen) atoms. The first kappa shape index (κ1) is 21.5. The molecule has 1 aromatic rings. The lowest BCUT2D eigenvalue weighted by Gasteiger charge is -2.34. The molecule has 0 radical (unpaired) electrons. The Morgan fingerprint density at radius 2 is 1.70 bits per heavy atom. The van der Waals surface area contributed by atoms with Crippen LogP contribution in [0.4, 0.5) is 0 Å². The van der Waals surface area contributed by atoms with Crippen LogP contribution in [0.2, 0.25) is 0 Å². The Kier molecular flexibility index (Phi) is 10.0. The summed E-state index contributed by atoms with van der Waals surface area (Å²) >= 11 is 0. The number of nitrogens with one attached hydrogen (secondary N) is 2. The number of benzene rings is 1. The lowest BCUT2D eigenvalue weighted by molar-refractivity contribution is 0.136. The number of hydrogen-bond acceptors (Lipinski definition) is 4. The molecule has 1 fully saturated rings. The number of hydrogen-bond donors (Lipinski definition) is 2. The van der Waals surface area contributed by atoms with Crippen LogP contribution in [0.25, 0.3) is 0 Å². The molecule has 0 atom stereocenters. The van der Waals surface area contributed by atoms with Crippen molar-refractivity contribution in [3.63, 3.8) is 0 Å². The Balaban J connectivity index is 1.64.